The first-order valence-corrected chi connectivity index (χ1v) is 4.49. The molecule has 10 heavy (non-hydrogen) atoms. The summed E-state index contributed by atoms with van der Waals surface area (Å²) in [6.45, 7) is 0. The van der Waals surface area contributed by atoms with Crippen LogP contribution in [-0.2, 0) is 0 Å². The minimum Gasteiger partial charge on any atom is -0.259 e. The molecule has 1 aromatic rings. The quantitative estimate of drug-likeness (QED) is 0.720. The predicted molar refractivity (Wildman–Crippen MR) is 45.5 cm³/mol. The van der Waals surface area contributed by atoms with Gasteiger partial charge in [-0.3, -0.25) is 4.68 Å². The maximum absolute atomic E-state index is 5.54. The second-order valence-electron chi connectivity index (χ2n) is 1.90. The van der Waals surface area contributed by atoms with Gasteiger partial charge in [0.25, 0.3) is 0 Å². The number of hydrogen-bond donors (Lipinski definition) is 0. The summed E-state index contributed by atoms with van der Waals surface area (Å²) in [5.41, 5.74) is 0. The highest BCUT2D eigenvalue weighted by molar-refractivity contribution is 9.09. The van der Waals surface area contributed by atoms with Crippen LogP contribution in [0.25, 0.3) is 0 Å². The van der Waals surface area contributed by atoms with Crippen molar-refractivity contribution in [3.05, 3.63) is 18.5 Å². The van der Waals surface area contributed by atoms with E-state index in [1.807, 2.05) is 16.9 Å². The molecule has 0 aliphatic heterocycles. The Bertz CT molecular complexity index is 176. The average molecular weight is 224 g/mol. The van der Waals surface area contributed by atoms with Gasteiger partial charge >= 0.3 is 0 Å². The molecular formula is C6H8BrClN2. The molecule has 1 rings (SSSR count). The van der Waals surface area contributed by atoms with Crippen molar-refractivity contribution in [1.82, 2.24) is 9.78 Å². The normalized spacial score (nSPS) is 13.4. The number of nitrogens with zero attached hydrogens (tertiary/aromatic N) is 2. The molecule has 0 saturated carbocycles. The first kappa shape index (κ1) is 8.08. The standard InChI is InChI=1S/C6H8BrClN2/c7-6(2-3-8)10-5-1-4-9-10/h1,4-6H,2-3H2. The third-order valence-corrected chi connectivity index (χ3v) is 2.25. The minimum absolute atomic E-state index is 0.236. The van der Waals surface area contributed by atoms with E-state index in [0.717, 1.165) is 6.42 Å². The Balaban J connectivity index is 2.50. The number of halogens is 2. The van der Waals surface area contributed by atoms with Crippen molar-refractivity contribution in [3.8, 4) is 0 Å². The molecule has 4 heteroatoms. The van der Waals surface area contributed by atoms with Crippen LogP contribution in [0.15, 0.2) is 18.5 Å². The van der Waals surface area contributed by atoms with E-state index in [9.17, 15) is 0 Å². The number of rotatable bonds is 3. The molecule has 0 radical (unpaired) electrons. The Morgan fingerprint density at radius 2 is 2.50 bits per heavy atom. The highest BCUT2D eigenvalue weighted by Crippen LogP contribution is 2.17. The van der Waals surface area contributed by atoms with Gasteiger partial charge in [-0.1, -0.05) is 15.9 Å². The molecule has 0 N–H and O–H groups in total. The maximum atomic E-state index is 5.54. The molecule has 56 valence electrons. The second kappa shape index (κ2) is 3.98. The zero-order valence-electron chi connectivity index (χ0n) is 5.37. The Morgan fingerprint density at radius 1 is 1.70 bits per heavy atom. The van der Waals surface area contributed by atoms with Crippen LogP contribution in [0.5, 0.6) is 0 Å². The molecule has 0 spiro atoms. The zero-order valence-corrected chi connectivity index (χ0v) is 7.72. The molecule has 0 amide bonds. The number of alkyl halides is 2. The van der Waals surface area contributed by atoms with Crippen LogP contribution in [0.1, 0.15) is 11.4 Å². The first-order chi connectivity index (χ1) is 4.84. The maximum Gasteiger partial charge on any atom is 0.108 e. The largest absolute Gasteiger partial charge is 0.259 e. The summed E-state index contributed by atoms with van der Waals surface area (Å²) in [6.07, 6.45) is 4.55. The molecule has 0 aromatic carbocycles. The van der Waals surface area contributed by atoms with E-state index in [1.54, 1.807) is 6.20 Å². The van der Waals surface area contributed by atoms with Crippen LogP contribution in [0, 0.1) is 0 Å². The summed E-state index contributed by atoms with van der Waals surface area (Å²) >= 11 is 8.98. The van der Waals surface area contributed by atoms with E-state index in [1.165, 1.54) is 0 Å². The molecule has 1 heterocycles. The molecular weight excluding hydrogens is 215 g/mol. The predicted octanol–water partition coefficient (Wildman–Crippen LogP) is 2.41. The molecule has 2 nitrogen and oxygen atoms in total. The van der Waals surface area contributed by atoms with Gasteiger partial charge in [0.15, 0.2) is 0 Å². The van der Waals surface area contributed by atoms with Gasteiger partial charge in [-0.05, 0) is 12.5 Å². The van der Waals surface area contributed by atoms with Crippen LogP contribution in [-0.4, -0.2) is 15.7 Å². The topological polar surface area (TPSA) is 17.8 Å². The summed E-state index contributed by atoms with van der Waals surface area (Å²) in [6, 6.07) is 1.89. The molecule has 0 aliphatic rings. The second-order valence-corrected chi connectivity index (χ2v) is 3.33. The highest BCUT2D eigenvalue weighted by atomic mass is 79.9. The van der Waals surface area contributed by atoms with Crippen LogP contribution in [0.3, 0.4) is 0 Å². The Morgan fingerprint density at radius 3 is 3.00 bits per heavy atom. The molecule has 1 aromatic heterocycles. The lowest BCUT2D eigenvalue weighted by atomic mass is 10.5. The fourth-order valence-electron chi connectivity index (χ4n) is 0.669. The van der Waals surface area contributed by atoms with E-state index in [2.05, 4.69) is 21.0 Å². The number of hydrogen-bond acceptors (Lipinski definition) is 1. The Labute approximate surface area is 73.3 Å². The summed E-state index contributed by atoms with van der Waals surface area (Å²) in [4.78, 5) is 0.236. The number of aromatic nitrogens is 2. The summed E-state index contributed by atoms with van der Waals surface area (Å²) in [5, 5.41) is 4.05. The van der Waals surface area contributed by atoms with Crippen LogP contribution in [0.4, 0.5) is 0 Å². The summed E-state index contributed by atoms with van der Waals surface area (Å²) < 4.78 is 1.84. The van der Waals surface area contributed by atoms with E-state index in [4.69, 9.17) is 11.6 Å². The molecule has 0 fully saturated rings. The highest BCUT2D eigenvalue weighted by Gasteiger charge is 2.03. The summed E-state index contributed by atoms with van der Waals surface area (Å²) in [7, 11) is 0. The molecule has 1 atom stereocenters. The van der Waals surface area contributed by atoms with Crippen molar-refractivity contribution in [2.24, 2.45) is 0 Å². The molecule has 0 aliphatic carbocycles. The zero-order chi connectivity index (χ0) is 7.40. The van der Waals surface area contributed by atoms with E-state index >= 15 is 0 Å². The lowest BCUT2D eigenvalue weighted by Gasteiger charge is -2.06. The van der Waals surface area contributed by atoms with E-state index < -0.39 is 0 Å². The van der Waals surface area contributed by atoms with Crippen molar-refractivity contribution >= 4 is 27.5 Å². The fraction of sp³-hybridized carbons (Fsp3) is 0.500. The van der Waals surface area contributed by atoms with E-state index in [0.29, 0.717) is 5.88 Å². The first-order valence-electron chi connectivity index (χ1n) is 3.03. The van der Waals surface area contributed by atoms with Gasteiger partial charge in [0, 0.05) is 18.3 Å². The third kappa shape index (κ3) is 1.99. The van der Waals surface area contributed by atoms with Gasteiger partial charge in [-0.2, -0.15) is 5.10 Å². The lowest BCUT2D eigenvalue weighted by molar-refractivity contribution is 0.598. The van der Waals surface area contributed by atoms with Crippen LogP contribution < -0.4 is 0 Å². The molecule has 1 unspecified atom stereocenters. The van der Waals surface area contributed by atoms with Crippen molar-refractivity contribution in [1.29, 1.82) is 0 Å². The van der Waals surface area contributed by atoms with Gasteiger partial charge in [0.2, 0.25) is 0 Å². The van der Waals surface area contributed by atoms with Gasteiger partial charge in [-0.25, -0.2) is 0 Å². The Kier molecular flexibility index (Phi) is 3.22. The third-order valence-electron chi connectivity index (χ3n) is 1.16. The Hall–Kier alpha value is -0.0200. The smallest absolute Gasteiger partial charge is 0.108 e. The SMILES string of the molecule is ClCCC(Br)n1cccn1. The van der Waals surface area contributed by atoms with Crippen molar-refractivity contribution < 1.29 is 0 Å². The van der Waals surface area contributed by atoms with Crippen LogP contribution in [0.2, 0.25) is 0 Å². The van der Waals surface area contributed by atoms with Gasteiger partial charge in [-0.15, -0.1) is 11.6 Å². The van der Waals surface area contributed by atoms with Crippen molar-refractivity contribution in [2.45, 2.75) is 11.4 Å². The van der Waals surface area contributed by atoms with Crippen molar-refractivity contribution in [2.75, 3.05) is 5.88 Å². The average Bonchev–Trinajstić information content (AvgIpc) is 2.38. The van der Waals surface area contributed by atoms with Crippen LogP contribution >= 0.6 is 27.5 Å². The lowest BCUT2D eigenvalue weighted by Crippen LogP contribution is -2.02. The van der Waals surface area contributed by atoms with E-state index in [-0.39, 0.29) is 4.95 Å². The van der Waals surface area contributed by atoms with Gasteiger partial charge in [0.05, 0.1) is 0 Å². The van der Waals surface area contributed by atoms with Gasteiger partial charge < -0.3 is 0 Å². The molecule has 0 saturated heterocycles. The minimum atomic E-state index is 0.236. The summed E-state index contributed by atoms with van der Waals surface area (Å²) in [5.74, 6) is 0.649. The fourth-order valence-corrected chi connectivity index (χ4v) is 1.61. The van der Waals surface area contributed by atoms with Crippen molar-refractivity contribution in [3.63, 3.8) is 0 Å². The molecule has 0 bridgehead atoms. The van der Waals surface area contributed by atoms with Gasteiger partial charge in [0.1, 0.15) is 4.95 Å². The monoisotopic (exact) mass is 222 g/mol.